The van der Waals surface area contributed by atoms with E-state index in [2.05, 4.69) is 10.6 Å². The molecule has 0 aliphatic heterocycles. The number of hydrogen-bond acceptors (Lipinski definition) is 2. The fraction of sp³-hybridized carbons (Fsp3) is 0.200. The molecular formula is C15H16FN3O2. The van der Waals surface area contributed by atoms with Gasteiger partial charge in [-0.3, -0.25) is 9.59 Å². The van der Waals surface area contributed by atoms with Gasteiger partial charge < -0.3 is 15.2 Å². The van der Waals surface area contributed by atoms with Crippen LogP contribution in [0.2, 0.25) is 0 Å². The Kier molecular flexibility index (Phi) is 4.71. The van der Waals surface area contributed by atoms with Crippen molar-refractivity contribution in [1.29, 1.82) is 0 Å². The van der Waals surface area contributed by atoms with Gasteiger partial charge in [0.2, 0.25) is 5.91 Å². The molecule has 2 N–H and O–H groups in total. The maximum absolute atomic E-state index is 13.7. The molecule has 0 saturated carbocycles. The summed E-state index contributed by atoms with van der Waals surface area (Å²) < 4.78 is 15.6. The molecule has 2 amide bonds. The third-order valence-electron chi connectivity index (χ3n) is 2.85. The van der Waals surface area contributed by atoms with E-state index in [1.165, 1.54) is 19.1 Å². The van der Waals surface area contributed by atoms with E-state index >= 15 is 0 Å². The molecule has 6 heteroatoms. The van der Waals surface area contributed by atoms with Crippen molar-refractivity contribution in [2.75, 3.05) is 11.9 Å². The fourth-order valence-electron chi connectivity index (χ4n) is 1.89. The van der Waals surface area contributed by atoms with Crippen molar-refractivity contribution >= 4 is 17.5 Å². The average molecular weight is 289 g/mol. The maximum Gasteiger partial charge on any atom is 0.254 e. The van der Waals surface area contributed by atoms with Crippen LogP contribution < -0.4 is 10.6 Å². The van der Waals surface area contributed by atoms with Crippen LogP contribution in [-0.2, 0) is 11.3 Å². The Balaban J connectivity index is 1.98. The van der Waals surface area contributed by atoms with Gasteiger partial charge in [-0.15, -0.1) is 0 Å². The molecule has 0 bridgehead atoms. The predicted molar refractivity (Wildman–Crippen MR) is 77.5 cm³/mol. The molecule has 5 nitrogen and oxygen atoms in total. The number of aromatic nitrogens is 1. The van der Waals surface area contributed by atoms with Crippen LogP contribution in [0.5, 0.6) is 0 Å². The van der Waals surface area contributed by atoms with Gasteiger partial charge in [0.05, 0.1) is 5.56 Å². The quantitative estimate of drug-likeness (QED) is 0.884. The van der Waals surface area contributed by atoms with Gasteiger partial charge in [0.15, 0.2) is 0 Å². The van der Waals surface area contributed by atoms with Crippen molar-refractivity contribution in [3.63, 3.8) is 0 Å². The second kappa shape index (κ2) is 6.69. The van der Waals surface area contributed by atoms with Crippen molar-refractivity contribution in [1.82, 2.24) is 9.88 Å². The largest absolute Gasteiger partial charge is 0.353 e. The number of hydrogen-bond donors (Lipinski definition) is 2. The highest BCUT2D eigenvalue weighted by Gasteiger charge is 2.12. The minimum absolute atomic E-state index is 0.0891. The van der Waals surface area contributed by atoms with E-state index in [1.807, 2.05) is 29.1 Å². The van der Waals surface area contributed by atoms with Crippen molar-refractivity contribution in [2.24, 2.45) is 0 Å². The Morgan fingerprint density at radius 3 is 2.62 bits per heavy atom. The molecule has 0 fully saturated rings. The summed E-state index contributed by atoms with van der Waals surface area (Å²) in [7, 11) is 0. The number of benzene rings is 1. The molecule has 1 aromatic carbocycles. The van der Waals surface area contributed by atoms with Crippen molar-refractivity contribution in [2.45, 2.75) is 13.5 Å². The van der Waals surface area contributed by atoms with Crippen LogP contribution in [0.1, 0.15) is 17.3 Å². The third kappa shape index (κ3) is 4.17. The normalized spacial score (nSPS) is 10.2. The average Bonchev–Trinajstić information content (AvgIpc) is 2.93. The third-order valence-corrected chi connectivity index (χ3v) is 2.85. The van der Waals surface area contributed by atoms with Crippen molar-refractivity contribution in [3.05, 3.63) is 54.1 Å². The second-order valence-corrected chi connectivity index (χ2v) is 4.55. The standard InChI is InChI=1S/C15H16FN3O2/c1-11(20)18-12-4-5-14(16)13(10-12)15(21)17-6-9-19-7-2-3-8-19/h2-5,7-8,10H,6,9H2,1H3,(H,17,21)(H,18,20). The lowest BCUT2D eigenvalue weighted by Gasteiger charge is -2.09. The van der Waals surface area contributed by atoms with Gasteiger partial charge in [-0.1, -0.05) is 0 Å². The van der Waals surface area contributed by atoms with E-state index < -0.39 is 11.7 Å². The Morgan fingerprint density at radius 2 is 1.95 bits per heavy atom. The smallest absolute Gasteiger partial charge is 0.254 e. The molecule has 0 spiro atoms. The summed E-state index contributed by atoms with van der Waals surface area (Å²) in [6.45, 7) is 2.34. The highest BCUT2D eigenvalue weighted by molar-refractivity contribution is 5.97. The zero-order chi connectivity index (χ0) is 15.2. The van der Waals surface area contributed by atoms with Crippen molar-refractivity contribution < 1.29 is 14.0 Å². The zero-order valence-corrected chi connectivity index (χ0v) is 11.6. The monoisotopic (exact) mass is 289 g/mol. The van der Waals surface area contributed by atoms with Gasteiger partial charge in [0, 0.05) is 38.1 Å². The molecule has 1 aromatic heterocycles. The fourth-order valence-corrected chi connectivity index (χ4v) is 1.89. The van der Waals surface area contributed by atoms with E-state index in [9.17, 15) is 14.0 Å². The van der Waals surface area contributed by atoms with Crippen LogP contribution in [0.15, 0.2) is 42.7 Å². The zero-order valence-electron chi connectivity index (χ0n) is 11.6. The van der Waals surface area contributed by atoms with E-state index in [0.29, 0.717) is 18.8 Å². The summed E-state index contributed by atoms with van der Waals surface area (Å²) in [4.78, 5) is 22.9. The van der Waals surface area contributed by atoms with Gasteiger partial charge in [0.1, 0.15) is 5.82 Å². The lowest BCUT2D eigenvalue weighted by molar-refractivity contribution is -0.114. The first kappa shape index (κ1) is 14.8. The number of halogens is 1. The number of anilines is 1. The van der Waals surface area contributed by atoms with Crippen molar-refractivity contribution in [3.8, 4) is 0 Å². The molecule has 110 valence electrons. The molecule has 2 aromatic rings. The Bertz CT molecular complexity index is 638. The lowest BCUT2D eigenvalue weighted by Crippen LogP contribution is -2.27. The van der Waals surface area contributed by atoms with Crippen LogP contribution in [-0.4, -0.2) is 22.9 Å². The lowest BCUT2D eigenvalue weighted by atomic mass is 10.1. The van der Waals surface area contributed by atoms with Gasteiger partial charge in [-0.05, 0) is 30.3 Å². The van der Waals surface area contributed by atoms with E-state index in [-0.39, 0.29) is 11.5 Å². The van der Waals surface area contributed by atoms with Crippen LogP contribution in [0.4, 0.5) is 10.1 Å². The number of carbonyl (C=O) groups excluding carboxylic acids is 2. The van der Waals surface area contributed by atoms with Gasteiger partial charge in [-0.25, -0.2) is 4.39 Å². The Morgan fingerprint density at radius 1 is 1.24 bits per heavy atom. The molecule has 2 rings (SSSR count). The molecular weight excluding hydrogens is 273 g/mol. The highest BCUT2D eigenvalue weighted by atomic mass is 19.1. The molecule has 21 heavy (non-hydrogen) atoms. The molecule has 0 saturated heterocycles. The molecule has 0 aliphatic rings. The first-order chi connectivity index (χ1) is 10.1. The summed E-state index contributed by atoms with van der Waals surface area (Å²) in [5, 5.41) is 5.16. The number of nitrogens with one attached hydrogen (secondary N) is 2. The van der Waals surface area contributed by atoms with Gasteiger partial charge in [0.25, 0.3) is 5.91 Å². The van der Waals surface area contributed by atoms with E-state index in [0.717, 1.165) is 6.07 Å². The molecule has 0 radical (unpaired) electrons. The number of carbonyl (C=O) groups is 2. The molecule has 1 heterocycles. The van der Waals surface area contributed by atoms with E-state index in [1.54, 1.807) is 0 Å². The SMILES string of the molecule is CC(=O)Nc1ccc(F)c(C(=O)NCCn2cccc2)c1. The van der Waals surface area contributed by atoms with Gasteiger partial charge >= 0.3 is 0 Å². The minimum Gasteiger partial charge on any atom is -0.353 e. The second-order valence-electron chi connectivity index (χ2n) is 4.55. The van der Waals surface area contributed by atoms with Crippen LogP contribution >= 0.6 is 0 Å². The molecule has 0 unspecified atom stereocenters. The first-order valence-electron chi connectivity index (χ1n) is 6.52. The summed E-state index contributed by atoms with van der Waals surface area (Å²) in [5.41, 5.74) is 0.299. The highest BCUT2D eigenvalue weighted by Crippen LogP contribution is 2.14. The molecule has 0 atom stereocenters. The summed E-state index contributed by atoms with van der Waals surface area (Å²) in [6.07, 6.45) is 3.76. The van der Waals surface area contributed by atoms with Crippen LogP contribution in [0, 0.1) is 5.82 Å². The summed E-state index contributed by atoms with van der Waals surface area (Å²) in [6, 6.07) is 7.66. The van der Waals surface area contributed by atoms with Crippen LogP contribution in [0.25, 0.3) is 0 Å². The number of rotatable bonds is 5. The Hall–Kier alpha value is -2.63. The van der Waals surface area contributed by atoms with Gasteiger partial charge in [-0.2, -0.15) is 0 Å². The summed E-state index contributed by atoms with van der Waals surface area (Å²) in [5.74, 6) is -1.41. The molecule has 0 aliphatic carbocycles. The van der Waals surface area contributed by atoms with E-state index in [4.69, 9.17) is 0 Å². The number of amides is 2. The van der Waals surface area contributed by atoms with Crippen LogP contribution in [0.3, 0.4) is 0 Å². The predicted octanol–water partition coefficient (Wildman–Crippen LogP) is 2.02. The Labute approximate surface area is 121 Å². The topological polar surface area (TPSA) is 63.1 Å². The minimum atomic E-state index is -0.623. The first-order valence-corrected chi connectivity index (χ1v) is 6.52. The summed E-state index contributed by atoms with van der Waals surface area (Å²) >= 11 is 0. The maximum atomic E-state index is 13.7. The number of nitrogens with zero attached hydrogens (tertiary/aromatic N) is 1.